The van der Waals surface area contributed by atoms with Gasteiger partial charge in [-0.25, -0.2) is 22.5 Å². The second kappa shape index (κ2) is 8.41. The highest BCUT2D eigenvalue weighted by atomic mass is 32.2. The Kier molecular flexibility index (Phi) is 5.98. The lowest BCUT2D eigenvalue weighted by Gasteiger charge is -2.07. The molecule has 2 N–H and O–H groups in total. The molecule has 0 saturated carbocycles. The van der Waals surface area contributed by atoms with E-state index in [1.165, 1.54) is 12.1 Å². The molecule has 0 fully saturated rings. The molecule has 0 aliphatic heterocycles. The molecule has 0 amide bonds. The summed E-state index contributed by atoms with van der Waals surface area (Å²) in [6, 6.07) is 12.8. The van der Waals surface area contributed by atoms with Crippen molar-refractivity contribution in [2.75, 3.05) is 6.54 Å². The Morgan fingerprint density at radius 3 is 2.41 bits per heavy atom. The van der Waals surface area contributed by atoms with Crippen LogP contribution in [-0.2, 0) is 22.9 Å². The zero-order valence-corrected chi connectivity index (χ0v) is 15.8. The molecule has 1 heterocycles. The molecule has 27 heavy (non-hydrogen) atoms. The lowest BCUT2D eigenvalue weighted by molar-refractivity contribution is 0.581. The molecule has 6 nitrogen and oxygen atoms in total. The van der Waals surface area contributed by atoms with Crippen LogP contribution in [0.5, 0.6) is 0 Å². The van der Waals surface area contributed by atoms with Crippen LogP contribution in [0.25, 0.3) is 11.4 Å². The SMILES string of the molecule is CCCc1ccc(S(=O)(=O)NCCc2nc(-c3ccc(F)cc3)n[nH]2)cc1. The molecular weight excluding hydrogens is 367 g/mol. The van der Waals surface area contributed by atoms with E-state index in [4.69, 9.17) is 0 Å². The third kappa shape index (κ3) is 4.99. The lowest BCUT2D eigenvalue weighted by atomic mass is 10.1. The zero-order chi connectivity index (χ0) is 19.3. The number of benzene rings is 2. The van der Waals surface area contributed by atoms with E-state index in [1.807, 2.05) is 12.1 Å². The normalized spacial score (nSPS) is 11.6. The molecule has 0 unspecified atom stereocenters. The van der Waals surface area contributed by atoms with Gasteiger partial charge >= 0.3 is 0 Å². The van der Waals surface area contributed by atoms with E-state index >= 15 is 0 Å². The number of rotatable bonds is 8. The molecule has 0 aliphatic carbocycles. The molecule has 3 rings (SSSR count). The standard InChI is InChI=1S/C19H21FN4O2S/c1-2-3-14-4-10-17(11-5-14)27(25,26)21-13-12-18-22-19(24-23-18)15-6-8-16(20)9-7-15/h4-11,21H,2-3,12-13H2,1H3,(H,22,23,24). The van der Waals surface area contributed by atoms with Crippen LogP contribution in [0.1, 0.15) is 24.7 Å². The van der Waals surface area contributed by atoms with Crippen molar-refractivity contribution in [3.63, 3.8) is 0 Å². The summed E-state index contributed by atoms with van der Waals surface area (Å²) in [4.78, 5) is 4.55. The van der Waals surface area contributed by atoms with Crippen molar-refractivity contribution in [2.24, 2.45) is 0 Å². The van der Waals surface area contributed by atoms with Crippen molar-refractivity contribution in [3.8, 4) is 11.4 Å². The van der Waals surface area contributed by atoms with E-state index in [0.29, 0.717) is 23.6 Å². The van der Waals surface area contributed by atoms with E-state index in [2.05, 4.69) is 26.8 Å². The quantitative estimate of drug-likeness (QED) is 0.621. The summed E-state index contributed by atoms with van der Waals surface area (Å²) in [6.07, 6.45) is 2.30. The number of hydrogen-bond donors (Lipinski definition) is 2. The average Bonchev–Trinajstić information content (AvgIpc) is 3.12. The molecule has 0 atom stereocenters. The highest BCUT2D eigenvalue weighted by Crippen LogP contribution is 2.15. The van der Waals surface area contributed by atoms with Crippen molar-refractivity contribution in [1.29, 1.82) is 0 Å². The fourth-order valence-corrected chi connectivity index (χ4v) is 3.68. The van der Waals surface area contributed by atoms with Gasteiger partial charge in [0.2, 0.25) is 10.0 Å². The first kappa shape index (κ1) is 19.2. The Hall–Kier alpha value is -2.58. The monoisotopic (exact) mass is 388 g/mol. The van der Waals surface area contributed by atoms with Crippen LogP contribution < -0.4 is 4.72 Å². The Morgan fingerprint density at radius 2 is 1.74 bits per heavy atom. The van der Waals surface area contributed by atoms with Crippen LogP contribution >= 0.6 is 0 Å². The molecule has 0 saturated heterocycles. The summed E-state index contributed by atoms with van der Waals surface area (Å²) in [7, 11) is -3.57. The minimum absolute atomic E-state index is 0.192. The summed E-state index contributed by atoms with van der Waals surface area (Å²) in [5.41, 5.74) is 1.80. The molecule has 2 aromatic carbocycles. The minimum atomic E-state index is -3.57. The highest BCUT2D eigenvalue weighted by Gasteiger charge is 2.14. The van der Waals surface area contributed by atoms with Crippen molar-refractivity contribution in [1.82, 2.24) is 19.9 Å². The summed E-state index contributed by atoms with van der Waals surface area (Å²) >= 11 is 0. The van der Waals surface area contributed by atoms with Gasteiger partial charge in [-0.3, -0.25) is 5.10 Å². The van der Waals surface area contributed by atoms with Gasteiger partial charge in [0.05, 0.1) is 4.90 Å². The number of aryl methyl sites for hydroxylation is 1. The lowest BCUT2D eigenvalue weighted by Crippen LogP contribution is -2.26. The topological polar surface area (TPSA) is 87.7 Å². The van der Waals surface area contributed by atoms with E-state index in [-0.39, 0.29) is 17.3 Å². The maximum absolute atomic E-state index is 13.0. The number of sulfonamides is 1. The zero-order valence-electron chi connectivity index (χ0n) is 14.9. The van der Waals surface area contributed by atoms with Crippen LogP contribution in [-0.4, -0.2) is 30.1 Å². The maximum Gasteiger partial charge on any atom is 0.240 e. The number of aromatic nitrogens is 3. The number of nitrogens with one attached hydrogen (secondary N) is 2. The fourth-order valence-electron chi connectivity index (χ4n) is 2.65. The van der Waals surface area contributed by atoms with Crippen molar-refractivity contribution in [2.45, 2.75) is 31.1 Å². The third-order valence-corrected chi connectivity index (χ3v) is 5.54. The van der Waals surface area contributed by atoms with Gasteiger partial charge in [-0.15, -0.1) is 0 Å². The Morgan fingerprint density at radius 1 is 1.04 bits per heavy atom. The van der Waals surface area contributed by atoms with Gasteiger partial charge in [0.25, 0.3) is 0 Å². The van der Waals surface area contributed by atoms with Gasteiger partial charge in [0, 0.05) is 18.5 Å². The molecule has 1 aromatic heterocycles. The predicted octanol–water partition coefficient (Wildman–Crippen LogP) is 3.08. The van der Waals surface area contributed by atoms with Crippen LogP contribution in [0.3, 0.4) is 0 Å². The van der Waals surface area contributed by atoms with E-state index in [1.54, 1.807) is 24.3 Å². The number of aromatic amines is 1. The summed E-state index contributed by atoms with van der Waals surface area (Å²) in [6.45, 7) is 2.27. The molecule has 0 radical (unpaired) electrons. The summed E-state index contributed by atoms with van der Waals surface area (Å²) in [5, 5.41) is 6.86. The van der Waals surface area contributed by atoms with E-state index in [0.717, 1.165) is 18.4 Å². The Labute approximate surface area is 157 Å². The van der Waals surface area contributed by atoms with Crippen molar-refractivity contribution < 1.29 is 12.8 Å². The summed E-state index contributed by atoms with van der Waals surface area (Å²) < 4.78 is 40.3. The maximum atomic E-state index is 13.0. The Bertz CT molecular complexity index is 983. The third-order valence-electron chi connectivity index (χ3n) is 4.06. The van der Waals surface area contributed by atoms with Gasteiger partial charge in [0.1, 0.15) is 11.6 Å². The second-order valence-electron chi connectivity index (χ2n) is 6.15. The van der Waals surface area contributed by atoms with Crippen LogP contribution in [0.15, 0.2) is 53.4 Å². The number of H-pyrrole nitrogens is 1. The van der Waals surface area contributed by atoms with E-state index in [9.17, 15) is 12.8 Å². The van der Waals surface area contributed by atoms with Crippen LogP contribution in [0, 0.1) is 5.82 Å². The summed E-state index contributed by atoms with van der Waals surface area (Å²) in [5.74, 6) is 0.668. The first-order valence-corrected chi connectivity index (χ1v) is 10.2. The van der Waals surface area contributed by atoms with Gasteiger partial charge < -0.3 is 0 Å². The number of hydrogen-bond acceptors (Lipinski definition) is 4. The van der Waals surface area contributed by atoms with Gasteiger partial charge in [-0.05, 0) is 48.4 Å². The predicted molar refractivity (Wildman–Crippen MR) is 101 cm³/mol. The first-order valence-electron chi connectivity index (χ1n) is 8.74. The minimum Gasteiger partial charge on any atom is -0.263 e. The largest absolute Gasteiger partial charge is 0.263 e. The molecule has 3 aromatic rings. The number of halogens is 1. The van der Waals surface area contributed by atoms with Crippen LogP contribution in [0.4, 0.5) is 4.39 Å². The molecule has 0 bridgehead atoms. The highest BCUT2D eigenvalue weighted by molar-refractivity contribution is 7.89. The smallest absolute Gasteiger partial charge is 0.240 e. The molecule has 142 valence electrons. The molecular formula is C19H21FN4O2S. The van der Waals surface area contributed by atoms with Gasteiger partial charge in [-0.1, -0.05) is 25.5 Å². The first-order chi connectivity index (χ1) is 13.0. The molecule has 0 aliphatic rings. The number of nitrogens with zero attached hydrogens (tertiary/aromatic N) is 2. The van der Waals surface area contributed by atoms with E-state index < -0.39 is 10.0 Å². The molecule has 8 heteroatoms. The van der Waals surface area contributed by atoms with Gasteiger partial charge in [-0.2, -0.15) is 5.10 Å². The van der Waals surface area contributed by atoms with Crippen molar-refractivity contribution >= 4 is 10.0 Å². The molecule has 0 spiro atoms. The average molecular weight is 388 g/mol. The van der Waals surface area contributed by atoms with Crippen LogP contribution in [0.2, 0.25) is 0 Å². The van der Waals surface area contributed by atoms with Crippen molar-refractivity contribution in [3.05, 3.63) is 65.7 Å². The second-order valence-corrected chi connectivity index (χ2v) is 7.92. The Balaban J connectivity index is 1.58. The fraction of sp³-hybridized carbons (Fsp3) is 0.263. The van der Waals surface area contributed by atoms with Gasteiger partial charge in [0.15, 0.2) is 5.82 Å².